The first-order valence-electron chi connectivity index (χ1n) is 8.32. The lowest BCUT2D eigenvalue weighted by atomic mass is 9.92. The van der Waals surface area contributed by atoms with Gasteiger partial charge in [0.15, 0.2) is 9.84 Å². The van der Waals surface area contributed by atoms with Gasteiger partial charge in [0.05, 0.1) is 22.8 Å². The van der Waals surface area contributed by atoms with Gasteiger partial charge in [-0.15, -0.1) is 0 Å². The first kappa shape index (κ1) is 18.4. The molecule has 0 aliphatic carbocycles. The van der Waals surface area contributed by atoms with Crippen LogP contribution in [0.4, 0.5) is 4.79 Å². The van der Waals surface area contributed by atoms with Gasteiger partial charge in [0.1, 0.15) is 0 Å². The number of aryl methyl sites for hydroxylation is 1. The molecule has 0 fully saturated rings. The third-order valence-electron chi connectivity index (χ3n) is 4.80. The zero-order valence-electron chi connectivity index (χ0n) is 14.4. The number of hydrogen-bond donors (Lipinski definition) is 2. The Bertz CT molecular complexity index is 925. The molecule has 6 nitrogen and oxygen atoms in total. The van der Waals surface area contributed by atoms with Crippen molar-refractivity contribution in [3.63, 3.8) is 0 Å². The molecule has 0 radical (unpaired) electrons. The molecule has 0 aromatic heterocycles. The number of aliphatic hydroxyl groups is 1. The summed E-state index contributed by atoms with van der Waals surface area (Å²) < 4.78 is 25.4. The van der Waals surface area contributed by atoms with Gasteiger partial charge in [-0.25, -0.2) is 13.2 Å². The van der Waals surface area contributed by atoms with E-state index in [2.05, 4.69) is 0 Å². The summed E-state index contributed by atoms with van der Waals surface area (Å²) >= 11 is 0. The van der Waals surface area contributed by atoms with E-state index in [1.165, 1.54) is 6.07 Å². The molecular weight excluding hydrogens is 354 g/mol. The van der Waals surface area contributed by atoms with Gasteiger partial charge in [-0.05, 0) is 36.1 Å². The van der Waals surface area contributed by atoms with Crippen LogP contribution in [0.1, 0.15) is 16.7 Å². The molecule has 1 heterocycles. The van der Waals surface area contributed by atoms with Crippen molar-refractivity contribution in [1.82, 2.24) is 4.90 Å². The van der Waals surface area contributed by atoms with E-state index in [0.717, 1.165) is 16.0 Å². The zero-order valence-corrected chi connectivity index (χ0v) is 15.2. The van der Waals surface area contributed by atoms with Gasteiger partial charge < -0.3 is 10.2 Å². The van der Waals surface area contributed by atoms with Gasteiger partial charge in [-0.1, -0.05) is 42.5 Å². The summed E-state index contributed by atoms with van der Waals surface area (Å²) in [5, 5.41) is 20.1. The summed E-state index contributed by atoms with van der Waals surface area (Å²) in [6, 6.07) is 13.2. The summed E-state index contributed by atoms with van der Waals surface area (Å²) in [5.74, 6) is -0.519. The fourth-order valence-corrected chi connectivity index (χ4v) is 5.13. The fraction of sp³-hybridized carbons (Fsp3) is 0.316. The van der Waals surface area contributed by atoms with E-state index >= 15 is 0 Å². The molecule has 1 unspecified atom stereocenters. The molecule has 0 bridgehead atoms. The number of aliphatic hydroxyl groups excluding tert-OH is 1. The minimum Gasteiger partial charge on any atom is -0.465 e. The van der Waals surface area contributed by atoms with Gasteiger partial charge in [0.25, 0.3) is 0 Å². The second-order valence-corrected chi connectivity index (χ2v) is 8.57. The summed E-state index contributed by atoms with van der Waals surface area (Å²) in [6.45, 7) is 1.83. The molecule has 3 rings (SSSR count). The lowest BCUT2D eigenvalue weighted by molar-refractivity contribution is 0.0492. The van der Waals surface area contributed by atoms with Crippen molar-refractivity contribution in [3.05, 3.63) is 65.2 Å². The van der Waals surface area contributed by atoms with Crippen LogP contribution in [0.25, 0.3) is 0 Å². The zero-order chi connectivity index (χ0) is 18.9. The van der Waals surface area contributed by atoms with Crippen LogP contribution in [0, 0.1) is 6.92 Å². The summed E-state index contributed by atoms with van der Waals surface area (Å²) in [7, 11) is -3.74. The molecule has 2 atom stereocenters. The quantitative estimate of drug-likeness (QED) is 0.855. The molecule has 0 spiro atoms. The van der Waals surface area contributed by atoms with Crippen molar-refractivity contribution in [2.75, 3.05) is 5.75 Å². The van der Waals surface area contributed by atoms with E-state index < -0.39 is 33.8 Å². The molecule has 1 aliphatic rings. The Balaban J connectivity index is 1.87. The molecule has 138 valence electrons. The standard InChI is InChI=1S/C19H21NO5S/c1-13-6-2-5-9-18(13)26(24,25)12-17(21)16-10-14-7-3-4-8-15(14)11-20(16)19(22)23/h2-9,16-17,21H,10-12H2,1H3,(H,22,23)/t16-,17?/m0/s1. The van der Waals surface area contributed by atoms with E-state index in [4.69, 9.17) is 0 Å². The van der Waals surface area contributed by atoms with E-state index in [1.807, 2.05) is 24.3 Å². The van der Waals surface area contributed by atoms with Gasteiger partial charge in [0.2, 0.25) is 0 Å². The third kappa shape index (κ3) is 3.59. The number of hydrogen-bond acceptors (Lipinski definition) is 4. The first-order valence-corrected chi connectivity index (χ1v) is 9.97. The summed E-state index contributed by atoms with van der Waals surface area (Å²) in [4.78, 5) is 12.9. The molecule has 2 N–H and O–H groups in total. The Kier molecular flexibility index (Phi) is 5.02. The lowest BCUT2D eigenvalue weighted by Crippen LogP contribution is -2.51. The van der Waals surface area contributed by atoms with Crippen LogP contribution in [0.15, 0.2) is 53.4 Å². The van der Waals surface area contributed by atoms with E-state index in [9.17, 15) is 23.4 Å². The van der Waals surface area contributed by atoms with Crippen LogP contribution in [0.3, 0.4) is 0 Å². The normalized spacial score (nSPS) is 18.2. The van der Waals surface area contributed by atoms with Crippen molar-refractivity contribution in [3.8, 4) is 0 Å². The predicted molar refractivity (Wildman–Crippen MR) is 96.7 cm³/mol. The number of sulfone groups is 1. The van der Waals surface area contributed by atoms with Crippen molar-refractivity contribution in [1.29, 1.82) is 0 Å². The van der Waals surface area contributed by atoms with Crippen molar-refractivity contribution < 1.29 is 23.4 Å². The molecule has 26 heavy (non-hydrogen) atoms. The highest BCUT2D eigenvalue weighted by Gasteiger charge is 2.36. The van der Waals surface area contributed by atoms with E-state index in [0.29, 0.717) is 5.56 Å². The van der Waals surface area contributed by atoms with Gasteiger partial charge in [-0.3, -0.25) is 4.90 Å². The number of fused-ring (bicyclic) bond motifs is 1. The largest absolute Gasteiger partial charge is 0.465 e. The van der Waals surface area contributed by atoms with Gasteiger partial charge >= 0.3 is 6.09 Å². The lowest BCUT2D eigenvalue weighted by Gasteiger charge is -2.37. The van der Waals surface area contributed by atoms with Crippen molar-refractivity contribution >= 4 is 15.9 Å². The molecule has 2 aromatic carbocycles. The molecule has 0 saturated carbocycles. The minimum atomic E-state index is -3.74. The summed E-state index contributed by atoms with van der Waals surface area (Å²) in [6.07, 6.45) is -2.20. The summed E-state index contributed by atoms with van der Waals surface area (Å²) in [5.41, 5.74) is 2.41. The second-order valence-electron chi connectivity index (χ2n) is 6.56. The number of carboxylic acid groups (broad SMARTS) is 1. The fourth-order valence-electron chi connectivity index (χ4n) is 3.43. The molecule has 1 aliphatic heterocycles. The average Bonchev–Trinajstić information content (AvgIpc) is 2.60. The maximum atomic E-state index is 12.7. The number of carbonyl (C=O) groups is 1. The molecule has 0 saturated heterocycles. The van der Waals surface area contributed by atoms with Crippen LogP contribution in [0.5, 0.6) is 0 Å². The van der Waals surface area contributed by atoms with E-state index in [-0.39, 0.29) is 17.9 Å². The smallest absolute Gasteiger partial charge is 0.407 e. The Labute approximate surface area is 152 Å². The van der Waals surface area contributed by atoms with Crippen LogP contribution in [-0.2, 0) is 22.8 Å². The Morgan fingerprint density at radius 2 is 1.77 bits per heavy atom. The molecular formula is C19H21NO5S. The van der Waals surface area contributed by atoms with Crippen LogP contribution in [0.2, 0.25) is 0 Å². The predicted octanol–water partition coefficient (Wildman–Crippen LogP) is 2.23. The number of amides is 1. The maximum absolute atomic E-state index is 12.7. The van der Waals surface area contributed by atoms with Crippen LogP contribution in [-0.4, -0.2) is 47.5 Å². The monoisotopic (exact) mass is 375 g/mol. The molecule has 1 amide bonds. The SMILES string of the molecule is Cc1ccccc1S(=O)(=O)CC(O)[C@@H]1Cc2ccccc2CN1C(=O)O. The Morgan fingerprint density at radius 1 is 1.15 bits per heavy atom. The van der Waals surface area contributed by atoms with Gasteiger partial charge in [-0.2, -0.15) is 0 Å². The Morgan fingerprint density at radius 3 is 2.42 bits per heavy atom. The molecule has 7 heteroatoms. The number of nitrogens with zero attached hydrogens (tertiary/aromatic N) is 1. The number of benzene rings is 2. The average molecular weight is 375 g/mol. The highest BCUT2D eigenvalue weighted by Crippen LogP contribution is 2.27. The maximum Gasteiger partial charge on any atom is 0.407 e. The molecule has 2 aromatic rings. The highest BCUT2D eigenvalue weighted by molar-refractivity contribution is 7.91. The topological polar surface area (TPSA) is 94.9 Å². The van der Waals surface area contributed by atoms with Gasteiger partial charge in [0, 0.05) is 6.54 Å². The number of rotatable bonds is 4. The Hall–Kier alpha value is -2.38. The second kappa shape index (κ2) is 7.09. The minimum absolute atomic E-state index is 0.137. The van der Waals surface area contributed by atoms with Crippen molar-refractivity contribution in [2.24, 2.45) is 0 Å². The van der Waals surface area contributed by atoms with E-state index in [1.54, 1.807) is 25.1 Å². The van der Waals surface area contributed by atoms with Crippen LogP contribution >= 0.6 is 0 Å². The third-order valence-corrected chi connectivity index (χ3v) is 6.71. The van der Waals surface area contributed by atoms with Crippen molar-refractivity contribution in [2.45, 2.75) is 36.9 Å². The van der Waals surface area contributed by atoms with Crippen LogP contribution < -0.4 is 0 Å². The highest BCUT2D eigenvalue weighted by atomic mass is 32.2. The first-order chi connectivity index (χ1) is 12.3.